The summed E-state index contributed by atoms with van der Waals surface area (Å²) in [5, 5.41) is 8.91. The standard InChI is InChI=1S/C12H15ClFNO2/c1-8(12(16)17)15(2)6-5-9-3-4-11(14)10(13)7-9/h3-4,7-8H,5-6H2,1-2H3,(H,16,17). The first-order valence-corrected chi connectivity index (χ1v) is 5.66. The lowest BCUT2D eigenvalue weighted by atomic mass is 10.1. The Kier molecular flexibility index (Phi) is 4.90. The average molecular weight is 260 g/mol. The maximum absolute atomic E-state index is 12.9. The predicted octanol–water partition coefficient (Wildman–Crippen LogP) is 2.43. The number of carboxylic acid groups (broad SMARTS) is 1. The molecule has 0 fully saturated rings. The smallest absolute Gasteiger partial charge is 0.320 e. The maximum atomic E-state index is 12.9. The molecule has 17 heavy (non-hydrogen) atoms. The van der Waals surface area contributed by atoms with Crippen LogP contribution in [0, 0.1) is 5.82 Å². The molecule has 0 amide bonds. The number of hydrogen-bond donors (Lipinski definition) is 1. The Balaban J connectivity index is 2.55. The van der Waals surface area contributed by atoms with Gasteiger partial charge in [-0.2, -0.15) is 0 Å². The fourth-order valence-corrected chi connectivity index (χ4v) is 1.59. The molecular formula is C12H15ClFNO2. The number of aliphatic carboxylic acids is 1. The van der Waals surface area contributed by atoms with Gasteiger partial charge in [0.1, 0.15) is 11.9 Å². The van der Waals surface area contributed by atoms with Gasteiger partial charge in [-0.3, -0.25) is 9.69 Å². The molecule has 1 aromatic rings. The Morgan fingerprint density at radius 1 is 1.59 bits per heavy atom. The molecule has 3 nitrogen and oxygen atoms in total. The molecule has 0 aromatic heterocycles. The van der Waals surface area contributed by atoms with E-state index in [1.165, 1.54) is 6.07 Å². The van der Waals surface area contributed by atoms with Crippen molar-refractivity contribution in [3.8, 4) is 0 Å². The second-order valence-electron chi connectivity index (χ2n) is 3.99. The van der Waals surface area contributed by atoms with Crippen molar-refractivity contribution in [2.75, 3.05) is 13.6 Å². The van der Waals surface area contributed by atoms with Crippen LogP contribution in [-0.4, -0.2) is 35.6 Å². The lowest BCUT2D eigenvalue weighted by molar-refractivity contribution is -0.142. The van der Waals surface area contributed by atoms with Crippen LogP contribution in [-0.2, 0) is 11.2 Å². The summed E-state index contributed by atoms with van der Waals surface area (Å²) in [6, 6.07) is 4.00. The van der Waals surface area contributed by atoms with E-state index in [9.17, 15) is 9.18 Å². The number of benzene rings is 1. The summed E-state index contributed by atoms with van der Waals surface area (Å²) in [6.45, 7) is 2.20. The molecule has 1 rings (SSSR count). The first kappa shape index (κ1) is 13.9. The van der Waals surface area contributed by atoms with Gasteiger partial charge in [0.2, 0.25) is 0 Å². The molecule has 1 unspecified atom stereocenters. The predicted molar refractivity (Wildman–Crippen MR) is 64.8 cm³/mol. The third-order valence-electron chi connectivity index (χ3n) is 2.76. The van der Waals surface area contributed by atoms with Crippen molar-refractivity contribution in [2.45, 2.75) is 19.4 Å². The van der Waals surface area contributed by atoms with E-state index in [2.05, 4.69) is 0 Å². The number of likely N-dealkylation sites (N-methyl/N-ethyl adjacent to an activating group) is 1. The van der Waals surface area contributed by atoms with Crippen LogP contribution in [0.2, 0.25) is 5.02 Å². The van der Waals surface area contributed by atoms with Crippen LogP contribution >= 0.6 is 11.6 Å². The van der Waals surface area contributed by atoms with Gasteiger partial charge in [-0.05, 0) is 38.1 Å². The van der Waals surface area contributed by atoms with Crippen molar-refractivity contribution in [3.63, 3.8) is 0 Å². The van der Waals surface area contributed by atoms with E-state index in [0.29, 0.717) is 13.0 Å². The zero-order chi connectivity index (χ0) is 13.0. The molecule has 0 aliphatic carbocycles. The number of rotatable bonds is 5. The monoisotopic (exact) mass is 259 g/mol. The molecule has 0 saturated carbocycles. The number of halogens is 2. The normalized spacial score (nSPS) is 12.8. The zero-order valence-electron chi connectivity index (χ0n) is 9.78. The van der Waals surface area contributed by atoms with Gasteiger partial charge in [-0.1, -0.05) is 17.7 Å². The Bertz CT molecular complexity index is 411. The molecule has 0 saturated heterocycles. The van der Waals surface area contributed by atoms with Gasteiger partial charge in [0.05, 0.1) is 5.02 Å². The SMILES string of the molecule is CC(C(=O)O)N(C)CCc1ccc(F)c(Cl)c1. The molecule has 0 spiro atoms. The summed E-state index contributed by atoms with van der Waals surface area (Å²) < 4.78 is 12.9. The second kappa shape index (κ2) is 5.98. The van der Waals surface area contributed by atoms with E-state index in [4.69, 9.17) is 16.7 Å². The van der Waals surface area contributed by atoms with Crippen LogP contribution in [0.5, 0.6) is 0 Å². The Labute approximate surface area is 105 Å². The zero-order valence-corrected chi connectivity index (χ0v) is 10.5. The molecule has 1 N–H and O–H groups in total. The van der Waals surface area contributed by atoms with E-state index in [-0.39, 0.29) is 5.02 Å². The summed E-state index contributed by atoms with van der Waals surface area (Å²) >= 11 is 5.66. The summed E-state index contributed by atoms with van der Waals surface area (Å²) in [4.78, 5) is 12.5. The van der Waals surface area contributed by atoms with Crippen LogP contribution in [0.1, 0.15) is 12.5 Å². The van der Waals surface area contributed by atoms with Gasteiger partial charge in [-0.25, -0.2) is 4.39 Å². The minimum Gasteiger partial charge on any atom is -0.480 e. The van der Waals surface area contributed by atoms with E-state index >= 15 is 0 Å². The van der Waals surface area contributed by atoms with Crippen molar-refractivity contribution in [3.05, 3.63) is 34.6 Å². The minimum absolute atomic E-state index is 0.0939. The van der Waals surface area contributed by atoms with Gasteiger partial charge < -0.3 is 5.11 Å². The maximum Gasteiger partial charge on any atom is 0.320 e. The van der Waals surface area contributed by atoms with E-state index in [1.54, 1.807) is 31.0 Å². The molecular weight excluding hydrogens is 245 g/mol. The molecule has 5 heteroatoms. The van der Waals surface area contributed by atoms with Crippen molar-refractivity contribution in [2.24, 2.45) is 0 Å². The van der Waals surface area contributed by atoms with Gasteiger partial charge in [0.15, 0.2) is 0 Å². The quantitative estimate of drug-likeness (QED) is 0.883. The Morgan fingerprint density at radius 2 is 2.24 bits per heavy atom. The van der Waals surface area contributed by atoms with Crippen LogP contribution in [0.15, 0.2) is 18.2 Å². The minimum atomic E-state index is -0.857. The molecule has 0 heterocycles. The molecule has 94 valence electrons. The van der Waals surface area contributed by atoms with Crippen molar-refractivity contribution in [1.82, 2.24) is 4.90 Å². The van der Waals surface area contributed by atoms with Crippen LogP contribution < -0.4 is 0 Å². The third-order valence-corrected chi connectivity index (χ3v) is 3.05. The second-order valence-corrected chi connectivity index (χ2v) is 4.40. The summed E-state index contributed by atoms with van der Waals surface area (Å²) in [6.07, 6.45) is 0.633. The van der Waals surface area contributed by atoms with Crippen molar-refractivity contribution < 1.29 is 14.3 Å². The Morgan fingerprint density at radius 3 is 2.76 bits per heavy atom. The number of carbonyl (C=O) groups is 1. The first-order valence-electron chi connectivity index (χ1n) is 5.28. The average Bonchev–Trinajstić information content (AvgIpc) is 2.29. The number of nitrogens with zero attached hydrogens (tertiary/aromatic N) is 1. The number of carboxylic acids is 1. The van der Waals surface area contributed by atoms with Gasteiger partial charge in [0.25, 0.3) is 0 Å². The molecule has 0 bridgehead atoms. The van der Waals surface area contributed by atoms with E-state index in [1.807, 2.05) is 0 Å². The van der Waals surface area contributed by atoms with Crippen molar-refractivity contribution >= 4 is 17.6 Å². The summed E-state index contributed by atoms with van der Waals surface area (Å²) in [5.74, 6) is -1.30. The molecule has 0 radical (unpaired) electrons. The lowest BCUT2D eigenvalue weighted by Crippen LogP contribution is -2.37. The van der Waals surface area contributed by atoms with Gasteiger partial charge >= 0.3 is 5.97 Å². The van der Waals surface area contributed by atoms with Crippen LogP contribution in [0.4, 0.5) is 4.39 Å². The highest BCUT2D eigenvalue weighted by molar-refractivity contribution is 6.30. The molecule has 0 aliphatic heterocycles. The van der Waals surface area contributed by atoms with Gasteiger partial charge in [-0.15, -0.1) is 0 Å². The molecule has 1 aromatic carbocycles. The molecule has 1 atom stereocenters. The fourth-order valence-electron chi connectivity index (χ4n) is 1.38. The highest BCUT2D eigenvalue weighted by atomic mass is 35.5. The largest absolute Gasteiger partial charge is 0.480 e. The Hall–Kier alpha value is -1.13. The van der Waals surface area contributed by atoms with Gasteiger partial charge in [0, 0.05) is 6.54 Å². The van der Waals surface area contributed by atoms with Crippen LogP contribution in [0.3, 0.4) is 0 Å². The van der Waals surface area contributed by atoms with E-state index < -0.39 is 17.8 Å². The lowest BCUT2D eigenvalue weighted by Gasteiger charge is -2.20. The fraction of sp³-hybridized carbons (Fsp3) is 0.417. The molecule has 0 aliphatic rings. The third kappa shape index (κ3) is 3.98. The highest BCUT2D eigenvalue weighted by Crippen LogP contribution is 2.16. The summed E-state index contributed by atoms with van der Waals surface area (Å²) in [7, 11) is 1.74. The first-order chi connectivity index (χ1) is 7.91. The van der Waals surface area contributed by atoms with E-state index in [0.717, 1.165) is 5.56 Å². The van der Waals surface area contributed by atoms with Crippen molar-refractivity contribution in [1.29, 1.82) is 0 Å². The number of hydrogen-bond acceptors (Lipinski definition) is 2. The highest BCUT2D eigenvalue weighted by Gasteiger charge is 2.16. The summed E-state index contributed by atoms with van der Waals surface area (Å²) in [5.41, 5.74) is 0.890. The van der Waals surface area contributed by atoms with Crippen LogP contribution in [0.25, 0.3) is 0 Å². The topological polar surface area (TPSA) is 40.5 Å².